The number of rotatable bonds is 6. The van der Waals surface area contributed by atoms with E-state index in [0.717, 1.165) is 19.4 Å². The summed E-state index contributed by atoms with van der Waals surface area (Å²) in [5, 5.41) is 8.00. The Bertz CT molecular complexity index is 430. The van der Waals surface area contributed by atoms with Gasteiger partial charge in [0, 0.05) is 18.0 Å². The van der Waals surface area contributed by atoms with Crippen molar-refractivity contribution in [1.29, 1.82) is 0 Å². The molecule has 5 nitrogen and oxygen atoms in total. The largest absolute Gasteiger partial charge is 0.376 e. The summed E-state index contributed by atoms with van der Waals surface area (Å²) < 4.78 is 5.59. The van der Waals surface area contributed by atoms with Crippen molar-refractivity contribution in [2.75, 3.05) is 27.2 Å². The van der Waals surface area contributed by atoms with Crippen LogP contribution in [-0.4, -0.2) is 50.3 Å². The van der Waals surface area contributed by atoms with Gasteiger partial charge in [-0.15, -0.1) is 11.3 Å². The van der Waals surface area contributed by atoms with Crippen molar-refractivity contribution in [1.82, 2.24) is 15.5 Å². The first-order valence-electron chi connectivity index (χ1n) is 7.43. The fraction of sp³-hybridized carbons (Fsp3) is 0.667. The quantitative estimate of drug-likeness (QED) is 0.847. The molecule has 0 bridgehead atoms. The van der Waals surface area contributed by atoms with E-state index in [-0.39, 0.29) is 24.2 Å². The van der Waals surface area contributed by atoms with Crippen molar-refractivity contribution in [3.63, 3.8) is 0 Å². The maximum absolute atomic E-state index is 12.0. The molecule has 0 saturated carbocycles. The molecular weight excluding hydrogens is 286 g/mol. The van der Waals surface area contributed by atoms with Crippen LogP contribution in [0.2, 0.25) is 0 Å². The van der Waals surface area contributed by atoms with Gasteiger partial charge in [0.15, 0.2) is 0 Å². The zero-order valence-electron chi connectivity index (χ0n) is 13.0. The van der Waals surface area contributed by atoms with Gasteiger partial charge in [0.2, 0.25) is 0 Å². The van der Waals surface area contributed by atoms with Crippen LogP contribution in [0.15, 0.2) is 17.5 Å². The maximum atomic E-state index is 12.0. The second-order valence-electron chi connectivity index (χ2n) is 5.69. The summed E-state index contributed by atoms with van der Waals surface area (Å²) in [5.41, 5.74) is 0. The molecule has 118 valence electrons. The highest BCUT2D eigenvalue weighted by Crippen LogP contribution is 2.22. The molecule has 0 aromatic carbocycles. The van der Waals surface area contributed by atoms with Gasteiger partial charge in [-0.1, -0.05) is 6.07 Å². The third-order valence-corrected chi connectivity index (χ3v) is 4.81. The highest BCUT2D eigenvalue weighted by molar-refractivity contribution is 7.10. The Morgan fingerprint density at radius 2 is 2.38 bits per heavy atom. The first-order chi connectivity index (χ1) is 10.1. The van der Waals surface area contributed by atoms with Crippen LogP contribution in [0.25, 0.3) is 0 Å². The minimum Gasteiger partial charge on any atom is -0.376 e. The van der Waals surface area contributed by atoms with Crippen LogP contribution in [-0.2, 0) is 4.74 Å². The Morgan fingerprint density at radius 3 is 2.95 bits per heavy atom. The normalized spacial score (nSPS) is 21.2. The summed E-state index contributed by atoms with van der Waals surface area (Å²) in [6.45, 7) is 3.40. The average molecular weight is 311 g/mol. The molecule has 2 rings (SSSR count). The monoisotopic (exact) mass is 311 g/mol. The van der Waals surface area contributed by atoms with Gasteiger partial charge in [-0.05, 0) is 45.3 Å². The SMILES string of the molecule is C[C@H](NC(=O)NC[C@H](c1cccs1)N(C)C)[C@H]1CCCO1. The minimum atomic E-state index is -0.124. The molecular formula is C15H25N3O2S. The van der Waals surface area contributed by atoms with Gasteiger partial charge in [0.25, 0.3) is 0 Å². The van der Waals surface area contributed by atoms with Gasteiger partial charge in [-0.25, -0.2) is 4.79 Å². The predicted octanol–water partition coefficient (Wildman–Crippen LogP) is 2.22. The van der Waals surface area contributed by atoms with E-state index in [2.05, 4.69) is 27.0 Å². The molecule has 2 amide bonds. The number of hydrogen-bond acceptors (Lipinski definition) is 4. The van der Waals surface area contributed by atoms with Crippen LogP contribution >= 0.6 is 11.3 Å². The second kappa shape index (κ2) is 7.77. The molecule has 0 spiro atoms. The van der Waals surface area contributed by atoms with E-state index in [1.54, 1.807) is 11.3 Å². The van der Waals surface area contributed by atoms with Crippen molar-refractivity contribution in [3.8, 4) is 0 Å². The Labute approximate surface area is 130 Å². The number of nitrogens with zero attached hydrogens (tertiary/aromatic N) is 1. The summed E-state index contributed by atoms with van der Waals surface area (Å²) in [7, 11) is 4.05. The molecule has 0 unspecified atom stereocenters. The van der Waals surface area contributed by atoms with Gasteiger partial charge in [0.05, 0.1) is 18.2 Å². The molecule has 1 aliphatic rings. The van der Waals surface area contributed by atoms with E-state index in [1.807, 2.05) is 27.1 Å². The van der Waals surface area contributed by atoms with Crippen LogP contribution < -0.4 is 10.6 Å². The Kier molecular flexibility index (Phi) is 6.02. The summed E-state index contributed by atoms with van der Waals surface area (Å²) in [6, 6.07) is 4.27. The van der Waals surface area contributed by atoms with Gasteiger partial charge in [-0.3, -0.25) is 0 Å². The number of hydrogen-bond donors (Lipinski definition) is 2. The van der Waals surface area contributed by atoms with Crippen LogP contribution in [0.1, 0.15) is 30.7 Å². The second-order valence-corrected chi connectivity index (χ2v) is 6.67. The molecule has 1 aliphatic heterocycles. The van der Waals surface area contributed by atoms with E-state index < -0.39 is 0 Å². The number of carbonyl (C=O) groups is 1. The van der Waals surface area contributed by atoms with Gasteiger partial charge in [-0.2, -0.15) is 0 Å². The highest BCUT2D eigenvalue weighted by atomic mass is 32.1. The molecule has 2 N–H and O–H groups in total. The highest BCUT2D eigenvalue weighted by Gasteiger charge is 2.24. The lowest BCUT2D eigenvalue weighted by Gasteiger charge is -2.25. The Morgan fingerprint density at radius 1 is 1.57 bits per heavy atom. The number of urea groups is 1. The smallest absolute Gasteiger partial charge is 0.315 e. The molecule has 0 aliphatic carbocycles. The summed E-state index contributed by atoms with van der Waals surface area (Å²) >= 11 is 1.71. The lowest BCUT2D eigenvalue weighted by atomic mass is 10.1. The Balaban J connectivity index is 1.79. The molecule has 1 aromatic heterocycles. The third kappa shape index (κ3) is 4.69. The molecule has 1 aromatic rings. The fourth-order valence-corrected chi connectivity index (χ4v) is 3.48. The van der Waals surface area contributed by atoms with Crippen molar-refractivity contribution in [3.05, 3.63) is 22.4 Å². The molecule has 2 heterocycles. The molecule has 1 fully saturated rings. The zero-order valence-corrected chi connectivity index (χ0v) is 13.8. The standard InChI is InChI=1S/C15H25N3O2S/c1-11(13-6-4-8-20-13)17-15(19)16-10-12(18(2)3)14-7-5-9-21-14/h5,7,9,11-13H,4,6,8,10H2,1-3H3,(H2,16,17,19)/t11-,12+,13+/m0/s1. The lowest BCUT2D eigenvalue weighted by molar-refractivity contribution is 0.0859. The number of nitrogens with one attached hydrogen (secondary N) is 2. The predicted molar refractivity (Wildman–Crippen MR) is 85.7 cm³/mol. The fourth-order valence-electron chi connectivity index (χ4n) is 2.56. The van der Waals surface area contributed by atoms with E-state index in [0.29, 0.717) is 6.54 Å². The van der Waals surface area contributed by atoms with Crippen LogP contribution in [0.4, 0.5) is 4.79 Å². The molecule has 3 atom stereocenters. The zero-order chi connectivity index (χ0) is 15.2. The molecule has 6 heteroatoms. The molecule has 0 radical (unpaired) electrons. The number of amides is 2. The average Bonchev–Trinajstić information content (AvgIpc) is 3.12. The maximum Gasteiger partial charge on any atom is 0.315 e. The topological polar surface area (TPSA) is 53.6 Å². The number of thiophene rings is 1. The van der Waals surface area contributed by atoms with E-state index in [9.17, 15) is 4.79 Å². The van der Waals surface area contributed by atoms with Gasteiger partial charge >= 0.3 is 6.03 Å². The van der Waals surface area contributed by atoms with Gasteiger partial charge in [0.1, 0.15) is 0 Å². The van der Waals surface area contributed by atoms with Crippen molar-refractivity contribution < 1.29 is 9.53 Å². The summed E-state index contributed by atoms with van der Waals surface area (Å²) in [4.78, 5) is 15.4. The van der Waals surface area contributed by atoms with Crippen LogP contribution in [0, 0.1) is 0 Å². The number of likely N-dealkylation sites (N-methyl/N-ethyl adjacent to an activating group) is 1. The minimum absolute atomic E-state index is 0.0482. The number of carbonyl (C=O) groups excluding carboxylic acids is 1. The van der Waals surface area contributed by atoms with E-state index in [1.165, 1.54) is 4.88 Å². The lowest BCUT2D eigenvalue weighted by Crippen LogP contribution is -2.47. The summed E-state index contributed by atoms with van der Waals surface area (Å²) in [5.74, 6) is 0. The first-order valence-corrected chi connectivity index (χ1v) is 8.31. The molecule has 21 heavy (non-hydrogen) atoms. The number of ether oxygens (including phenoxy) is 1. The first kappa shape index (κ1) is 16.3. The van der Waals surface area contributed by atoms with Crippen LogP contribution in [0.3, 0.4) is 0 Å². The van der Waals surface area contributed by atoms with E-state index in [4.69, 9.17) is 4.74 Å². The van der Waals surface area contributed by atoms with Crippen molar-refractivity contribution in [2.45, 2.75) is 38.0 Å². The van der Waals surface area contributed by atoms with Gasteiger partial charge < -0.3 is 20.3 Å². The van der Waals surface area contributed by atoms with Crippen molar-refractivity contribution in [2.24, 2.45) is 0 Å². The van der Waals surface area contributed by atoms with E-state index >= 15 is 0 Å². The summed E-state index contributed by atoms with van der Waals surface area (Å²) in [6.07, 6.45) is 2.26. The van der Waals surface area contributed by atoms with Crippen LogP contribution in [0.5, 0.6) is 0 Å². The van der Waals surface area contributed by atoms with Crippen molar-refractivity contribution >= 4 is 17.4 Å². The Hall–Kier alpha value is -1.11. The third-order valence-electron chi connectivity index (χ3n) is 3.83. The molecule has 1 saturated heterocycles.